The molecule has 29 heavy (non-hydrogen) atoms. The van der Waals surface area contributed by atoms with Gasteiger partial charge in [0.25, 0.3) is 5.91 Å². The maximum atomic E-state index is 13.7. The number of carbonyl (C=O) groups is 1. The van der Waals surface area contributed by atoms with Crippen LogP contribution in [-0.4, -0.2) is 25.5 Å². The number of hydrogen-bond acceptors (Lipinski definition) is 3. The number of carbonyl (C=O) groups excluding carboxylic acids is 1. The fourth-order valence-electron chi connectivity index (χ4n) is 4.20. The first-order valence-corrected chi connectivity index (χ1v) is 9.65. The molecule has 2 heterocycles. The van der Waals surface area contributed by atoms with E-state index in [2.05, 4.69) is 15.5 Å². The number of nitrogens with zero attached hydrogens (tertiary/aromatic N) is 4. The second kappa shape index (κ2) is 7.09. The van der Waals surface area contributed by atoms with Crippen molar-refractivity contribution < 1.29 is 13.6 Å². The predicted octanol–water partition coefficient (Wildman–Crippen LogP) is 3.48. The number of nitrogens with one attached hydrogen (secondary N) is 1. The van der Waals surface area contributed by atoms with Crippen LogP contribution in [0.5, 0.6) is 0 Å². The van der Waals surface area contributed by atoms with Crippen LogP contribution in [0.2, 0.25) is 0 Å². The standard InChI is InChI=1S/C21H23F2N5O/c1-11(19-12(2)25-27(4)13(19)3)24-21(29)20-15-6-5-7-18(15)28(26-20)14-8-9-16(22)17(23)10-14/h8-11H,5-7H2,1-4H3,(H,24,29). The third-order valence-electron chi connectivity index (χ3n) is 5.64. The molecule has 3 aromatic rings. The van der Waals surface area contributed by atoms with Crippen molar-refractivity contribution in [3.63, 3.8) is 0 Å². The van der Waals surface area contributed by atoms with E-state index in [4.69, 9.17) is 0 Å². The van der Waals surface area contributed by atoms with Crippen molar-refractivity contribution in [2.45, 2.75) is 46.1 Å². The molecular weight excluding hydrogens is 376 g/mol. The van der Waals surface area contributed by atoms with Crippen LogP contribution in [-0.2, 0) is 19.9 Å². The summed E-state index contributed by atoms with van der Waals surface area (Å²) in [6, 6.07) is 3.41. The molecule has 0 radical (unpaired) electrons. The van der Waals surface area contributed by atoms with Crippen molar-refractivity contribution in [1.82, 2.24) is 24.9 Å². The highest BCUT2D eigenvalue weighted by molar-refractivity contribution is 5.94. The molecule has 0 bridgehead atoms. The first kappa shape index (κ1) is 19.3. The maximum Gasteiger partial charge on any atom is 0.272 e. The molecule has 1 N–H and O–H groups in total. The third-order valence-corrected chi connectivity index (χ3v) is 5.64. The van der Waals surface area contributed by atoms with Gasteiger partial charge in [0, 0.05) is 35.6 Å². The number of rotatable bonds is 4. The van der Waals surface area contributed by atoms with Crippen LogP contribution < -0.4 is 5.32 Å². The summed E-state index contributed by atoms with van der Waals surface area (Å²) in [5.41, 5.74) is 5.35. The number of aromatic nitrogens is 4. The van der Waals surface area contributed by atoms with Crippen LogP contribution in [0.4, 0.5) is 8.78 Å². The highest BCUT2D eigenvalue weighted by Crippen LogP contribution is 2.29. The summed E-state index contributed by atoms with van der Waals surface area (Å²) in [4.78, 5) is 13.0. The Morgan fingerprint density at radius 1 is 1.17 bits per heavy atom. The highest BCUT2D eigenvalue weighted by Gasteiger charge is 2.28. The van der Waals surface area contributed by atoms with E-state index in [0.29, 0.717) is 11.4 Å². The van der Waals surface area contributed by atoms with Crippen LogP contribution in [0.25, 0.3) is 5.69 Å². The molecule has 1 aliphatic rings. The van der Waals surface area contributed by atoms with Gasteiger partial charge in [-0.2, -0.15) is 10.2 Å². The van der Waals surface area contributed by atoms with Gasteiger partial charge in [0.2, 0.25) is 0 Å². The Hall–Kier alpha value is -3.03. The largest absolute Gasteiger partial charge is 0.344 e. The summed E-state index contributed by atoms with van der Waals surface area (Å²) in [5.74, 6) is -2.13. The van der Waals surface area contributed by atoms with Crippen molar-refractivity contribution in [1.29, 1.82) is 0 Å². The molecule has 0 aliphatic heterocycles. The van der Waals surface area contributed by atoms with E-state index in [1.54, 1.807) is 9.36 Å². The second-order valence-corrected chi connectivity index (χ2v) is 7.54. The molecule has 152 valence electrons. The van der Waals surface area contributed by atoms with Gasteiger partial charge in [-0.25, -0.2) is 13.5 Å². The quantitative estimate of drug-likeness (QED) is 0.731. The minimum absolute atomic E-state index is 0.235. The molecular formula is C21H23F2N5O. The van der Waals surface area contributed by atoms with Gasteiger partial charge in [0.15, 0.2) is 17.3 Å². The van der Waals surface area contributed by atoms with Gasteiger partial charge >= 0.3 is 0 Å². The predicted molar refractivity (Wildman–Crippen MR) is 104 cm³/mol. The topological polar surface area (TPSA) is 64.7 Å². The first-order chi connectivity index (χ1) is 13.8. The van der Waals surface area contributed by atoms with E-state index in [-0.39, 0.29) is 11.9 Å². The Morgan fingerprint density at radius 3 is 2.59 bits per heavy atom. The lowest BCUT2D eigenvalue weighted by atomic mass is 10.1. The fraction of sp³-hybridized carbons (Fsp3) is 0.381. The van der Waals surface area contributed by atoms with Crippen molar-refractivity contribution >= 4 is 5.91 Å². The zero-order chi connectivity index (χ0) is 20.9. The van der Waals surface area contributed by atoms with Crippen molar-refractivity contribution in [3.8, 4) is 5.69 Å². The summed E-state index contributed by atoms with van der Waals surface area (Å²) >= 11 is 0. The van der Waals surface area contributed by atoms with Crippen LogP contribution in [0, 0.1) is 25.5 Å². The Kier molecular flexibility index (Phi) is 4.72. The fourth-order valence-corrected chi connectivity index (χ4v) is 4.20. The molecule has 0 saturated heterocycles. The van der Waals surface area contributed by atoms with E-state index in [1.807, 2.05) is 27.8 Å². The summed E-state index contributed by atoms with van der Waals surface area (Å²) in [6.07, 6.45) is 2.37. The third kappa shape index (κ3) is 3.22. The van der Waals surface area contributed by atoms with Gasteiger partial charge in [-0.05, 0) is 52.2 Å². The number of benzene rings is 1. The van der Waals surface area contributed by atoms with Gasteiger partial charge in [-0.15, -0.1) is 0 Å². The van der Waals surface area contributed by atoms with E-state index in [0.717, 1.165) is 59.6 Å². The van der Waals surface area contributed by atoms with Crippen molar-refractivity contribution in [3.05, 3.63) is 63.7 Å². The zero-order valence-corrected chi connectivity index (χ0v) is 16.9. The van der Waals surface area contributed by atoms with Crippen molar-refractivity contribution in [2.24, 2.45) is 7.05 Å². The van der Waals surface area contributed by atoms with Crippen molar-refractivity contribution in [2.75, 3.05) is 0 Å². The molecule has 0 saturated carbocycles. The van der Waals surface area contributed by atoms with Gasteiger partial charge in [-0.1, -0.05) is 0 Å². The minimum Gasteiger partial charge on any atom is -0.344 e. The number of fused-ring (bicyclic) bond motifs is 1. The Morgan fingerprint density at radius 2 is 1.93 bits per heavy atom. The van der Waals surface area contributed by atoms with Gasteiger partial charge in [0.05, 0.1) is 17.4 Å². The zero-order valence-electron chi connectivity index (χ0n) is 16.9. The first-order valence-electron chi connectivity index (χ1n) is 9.65. The summed E-state index contributed by atoms with van der Waals surface area (Å²) in [5, 5.41) is 11.9. The molecule has 4 rings (SSSR count). The van der Waals surface area contributed by atoms with E-state index < -0.39 is 11.6 Å². The Labute approximate surface area is 167 Å². The summed E-state index contributed by atoms with van der Waals surface area (Å²) in [6.45, 7) is 5.80. The van der Waals surface area contributed by atoms with Gasteiger partial charge in [0.1, 0.15) is 0 Å². The lowest BCUT2D eigenvalue weighted by Gasteiger charge is -2.14. The van der Waals surface area contributed by atoms with Gasteiger partial charge in [-0.3, -0.25) is 9.48 Å². The number of halogens is 2. The van der Waals surface area contributed by atoms with Crippen LogP contribution in [0.1, 0.15) is 58.1 Å². The average Bonchev–Trinajstić information content (AvgIpc) is 3.32. The van der Waals surface area contributed by atoms with E-state index in [9.17, 15) is 13.6 Å². The summed E-state index contributed by atoms with van der Waals surface area (Å²) in [7, 11) is 1.87. The van der Waals surface area contributed by atoms with Crippen LogP contribution in [0.15, 0.2) is 18.2 Å². The molecule has 1 atom stereocenters. The maximum absolute atomic E-state index is 13.7. The SMILES string of the molecule is Cc1nn(C)c(C)c1C(C)NC(=O)c1nn(-c2ccc(F)c(F)c2)c2c1CCC2. The smallest absolute Gasteiger partial charge is 0.272 e. The normalized spacial score (nSPS) is 14.1. The molecule has 6 nitrogen and oxygen atoms in total. The lowest BCUT2D eigenvalue weighted by molar-refractivity contribution is 0.0933. The number of amides is 1. The molecule has 1 aromatic carbocycles. The van der Waals surface area contributed by atoms with Crippen LogP contribution in [0.3, 0.4) is 0 Å². The minimum atomic E-state index is -0.938. The van der Waals surface area contributed by atoms with E-state index in [1.165, 1.54) is 6.07 Å². The van der Waals surface area contributed by atoms with Crippen LogP contribution >= 0.6 is 0 Å². The molecule has 0 spiro atoms. The average molecular weight is 399 g/mol. The highest BCUT2D eigenvalue weighted by atomic mass is 19.2. The monoisotopic (exact) mass is 399 g/mol. The Bertz CT molecular complexity index is 1110. The van der Waals surface area contributed by atoms with Gasteiger partial charge < -0.3 is 5.32 Å². The molecule has 1 amide bonds. The molecule has 2 aromatic heterocycles. The second-order valence-electron chi connectivity index (χ2n) is 7.54. The molecule has 0 fully saturated rings. The Balaban J connectivity index is 1.67. The molecule has 1 unspecified atom stereocenters. The number of hydrogen-bond donors (Lipinski definition) is 1. The summed E-state index contributed by atoms with van der Waals surface area (Å²) < 4.78 is 30.4. The molecule has 1 aliphatic carbocycles. The number of aryl methyl sites for hydroxylation is 2. The lowest BCUT2D eigenvalue weighted by Crippen LogP contribution is -2.28. The van der Waals surface area contributed by atoms with E-state index >= 15 is 0 Å². The molecule has 8 heteroatoms.